The average molecular weight is 393 g/mol. The number of aromatic nitrogens is 3. The lowest BCUT2D eigenvalue weighted by atomic mass is 9.90. The van der Waals surface area contributed by atoms with Crippen LogP contribution in [-0.2, 0) is 19.4 Å². The summed E-state index contributed by atoms with van der Waals surface area (Å²) in [6, 6.07) is 12.5. The van der Waals surface area contributed by atoms with Crippen molar-refractivity contribution in [1.82, 2.24) is 25.6 Å². The molecular weight excluding hydrogens is 366 g/mol. The molecule has 1 aliphatic heterocycles. The van der Waals surface area contributed by atoms with Crippen LogP contribution in [0.4, 0.5) is 0 Å². The zero-order valence-corrected chi connectivity index (χ0v) is 16.5. The summed E-state index contributed by atoms with van der Waals surface area (Å²) in [6.45, 7) is 3.33. The fourth-order valence-electron chi connectivity index (χ4n) is 3.84. The van der Waals surface area contributed by atoms with E-state index in [0.29, 0.717) is 18.8 Å². The number of hydrogen-bond acceptors (Lipinski definition) is 5. The quantitative estimate of drug-likeness (QED) is 0.615. The Kier molecular flexibility index (Phi) is 6.36. The molecule has 0 bridgehead atoms. The molecule has 1 aromatic carbocycles. The summed E-state index contributed by atoms with van der Waals surface area (Å²) in [5.41, 5.74) is 2.82. The van der Waals surface area contributed by atoms with Gasteiger partial charge in [-0.15, -0.1) is 0 Å². The minimum absolute atomic E-state index is 0.204. The van der Waals surface area contributed by atoms with Gasteiger partial charge in [0.15, 0.2) is 11.5 Å². The van der Waals surface area contributed by atoms with Gasteiger partial charge in [-0.25, -0.2) is 0 Å². The van der Waals surface area contributed by atoms with Gasteiger partial charge in [-0.2, -0.15) is 5.10 Å². The Morgan fingerprint density at radius 1 is 1.21 bits per heavy atom. The summed E-state index contributed by atoms with van der Waals surface area (Å²) in [5, 5.41) is 13.5. The first kappa shape index (κ1) is 19.4. The number of H-pyrrole nitrogens is 1. The highest BCUT2D eigenvalue weighted by molar-refractivity contribution is 5.92. The van der Waals surface area contributed by atoms with Gasteiger partial charge in [0.05, 0.1) is 12.7 Å². The smallest absolute Gasteiger partial charge is 0.273 e. The first-order valence-electron chi connectivity index (χ1n) is 10.2. The average Bonchev–Trinajstić information content (AvgIpc) is 3.42. The summed E-state index contributed by atoms with van der Waals surface area (Å²) in [4.78, 5) is 14.6. The van der Waals surface area contributed by atoms with Crippen LogP contribution in [0.1, 0.15) is 40.2 Å². The summed E-state index contributed by atoms with van der Waals surface area (Å²) < 4.78 is 5.40. The van der Waals surface area contributed by atoms with Gasteiger partial charge in [0.1, 0.15) is 0 Å². The van der Waals surface area contributed by atoms with Crippen LogP contribution in [-0.4, -0.2) is 45.8 Å². The lowest BCUT2D eigenvalue weighted by molar-refractivity contribution is 0.0944. The van der Waals surface area contributed by atoms with Crippen LogP contribution in [0.3, 0.4) is 0 Å². The SMILES string of the molecule is O=C(NCCc1cn[nH]c1)c1cc(CN2CCC(Cc3ccccc3)CC2)on1. The number of nitrogens with one attached hydrogen (secondary N) is 2. The van der Waals surface area contributed by atoms with Gasteiger partial charge < -0.3 is 9.84 Å². The number of benzene rings is 1. The van der Waals surface area contributed by atoms with E-state index in [0.717, 1.165) is 43.2 Å². The number of hydrogen-bond donors (Lipinski definition) is 2. The number of piperidine rings is 1. The Morgan fingerprint density at radius 3 is 2.79 bits per heavy atom. The molecule has 2 N–H and O–H groups in total. The first-order chi connectivity index (χ1) is 14.3. The van der Waals surface area contributed by atoms with Crippen LogP contribution >= 0.6 is 0 Å². The molecule has 0 aliphatic carbocycles. The number of rotatable bonds is 8. The number of aromatic amines is 1. The molecule has 0 radical (unpaired) electrons. The third-order valence-corrected chi connectivity index (χ3v) is 5.50. The molecule has 0 saturated carbocycles. The maximum absolute atomic E-state index is 12.2. The lowest BCUT2D eigenvalue weighted by Crippen LogP contribution is -2.33. The molecule has 3 aromatic rings. The Balaban J connectivity index is 1.20. The fourth-order valence-corrected chi connectivity index (χ4v) is 3.84. The number of amides is 1. The Bertz CT molecular complexity index is 883. The zero-order valence-electron chi connectivity index (χ0n) is 16.5. The third kappa shape index (κ3) is 5.54. The van der Waals surface area contributed by atoms with E-state index in [-0.39, 0.29) is 5.91 Å². The van der Waals surface area contributed by atoms with E-state index in [2.05, 4.69) is 55.9 Å². The maximum atomic E-state index is 12.2. The first-order valence-corrected chi connectivity index (χ1v) is 10.2. The highest BCUT2D eigenvalue weighted by Crippen LogP contribution is 2.23. The number of carbonyl (C=O) groups excluding carboxylic acids is 1. The second-order valence-electron chi connectivity index (χ2n) is 7.70. The molecule has 29 heavy (non-hydrogen) atoms. The van der Waals surface area contributed by atoms with Gasteiger partial charge in [0, 0.05) is 18.8 Å². The third-order valence-electron chi connectivity index (χ3n) is 5.50. The van der Waals surface area contributed by atoms with Crippen molar-refractivity contribution in [3.63, 3.8) is 0 Å². The van der Waals surface area contributed by atoms with Crippen molar-refractivity contribution < 1.29 is 9.32 Å². The van der Waals surface area contributed by atoms with Gasteiger partial charge in [-0.3, -0.25) is 14.8 Å². The molecule has 3 heterocycles. The molecule has 1 saturated heterocycles. The van der Waals surface area contributed by atoms with Gasteiger partial charge in [-0.05, 0) is 55.8 Å². The standard InChI is InChI=1S/C22H27N5O2/c28-22(23-9-6-19-14-24-25-15-19)21-13-20(29-26-21)16-27-10-7-18(8-11-27)12-17-4-2-1-3-5-17/h1-5,13-15,18H,6-12,16H2,(H,23,28)(H,24,25). The van der Waals surface area contributed by atoms with Gasteiger partial charge >= 0.3 is 0 Å². The largest absolute Gasteiger partial charge is 0.359 e. The van der Waals surface area contributed by atoms with Gasteiger partial charge in [0.25, 0.3) is 5.91 Å². The van der Waals surface area contributed by atoms with Gasteiger partial charge in [0.2, 0.25) is 0 Å². The summed E-state index contributed by atoms with van der Waals surface area (Å²) in [7, 11) is 0. The molecule has 7 heteroatoms. The minimum atomic E-state index is -0.204. The molecule has 0 unspecified atom stereocenters. The van der Waals surface area contributed by atoms with Crippen molar-refractivity contribution in [2.45, 2.75) is 32.2 Å². The summed E-state index contributed by atoms with van der Waals surface area (Å²) >= 11 is 0. The highest BCUT2D eigenvalue weighted by Gasteiger charge is 2.21. The lowest BCUT2D eigenvalue weighted by Gasteiger charge is -2.31. The van der Waals surface area contributed by atoms with Crippen LogP contribution in [0.2, 0.25) is 0 Å². The number of carbonyl (C=O) groups is 1. The highest BCUT2D eigenvalue weighted by atomic mass is 16.5. The molecular formula is C22H27N5O2. The number of nitrogens with zero attached hydrogens (tertiary/aromatic N) is 3. The number of likely N-dealkylation sites (tertiary alicyclic amines) is 1. The molecule has 152 valence electrons. The maximum Gasteiger partial charge on any atom is 0.273 e. The zero-order chi connectivity index (χ0) is 19.9. The summed E-state index contributed by atoms with van der Waals surface area (Å²) in [6.07, 6.45) is 7.83. The van der Waals surface area contributed by atoms with E-state index < -0.39 is 0 Å². The molecule has 4 rings (SSSR count). The van der Waals surface area contributed by atoms with Crippen LogP contribution in [0, 0.1) is 5.92 Å². The van der Waals surface area contributed by atoms with Crippen LogP contribution in [0.5, 0.6) is 0 Å². The van der Waals surface area contributed by atoms with E-state index in [1.807, 2.05) is 6.20 Å². The van der Waals surface area contributed by atoms with E-state index in [1.165, 1.54) is 18.4 Å². The molecule has 0 spiro atoms. The molecule has 1 amide bonds. The molecule has 7 nitrogen and oxygen atoms in total. The van der Waals surface area contributed by atoms with Crippen molar-refractivity contribution in [3.05, 3.63) is 71.4 Å². The van der Waals surface area contributed by atoms with E-state index in [4.69, 9.17) is 4.52 Å². The second-order valence-corrected chi connectivity index (χ2v) is 7.70. The van der Waals surface area contributed by atoms with Crippen molar-refractivity contribution in [1.29, 1.82) is 0 Å². The van der Waals surface area contributed by atoms with Crippen LogP contribution < -0.4 is 5.32 Å². The normalized spacial score (nSPS) is 15.4. The van der Waals surface area contributed by atoms with Crippen LogP contribution in [0.25, 0.3) is 0 Å². The minimum Gasteiger partial charge on any atom is -0.359 e. The van der Waals surface area contributed by atoms with Crippen molar-refractivity contribution in [2.75, 3.05) is 19.6 Å². The topological polar surface area (TPSA) is 87.0 Å². The fraction of sp³-hybridized carbons (Fsp3) is 0.409. The Labute approximate surface area is 170 Å². The van der Waals surface area contributed by atoms with Crippen molar-refractivity contribution in [3.8, 4) is 0 Å². The van der Waals surface area contributed by atoms with Crippen molar-refractivity contribution in [2.24, 2.45) is 5.92 Å². The molecule has 0 atom stereocenters. The molecule has 2 aromatic heterocycles. The second kappa shape index (κ2) is 9.52. The van der Waals surface area contributed by atoms with Crippen LogP contribution in [0.15, 0.2) is 53.3 Å². The predicted molar refractivity (Wildman–Crippen MR) is 109 cm³/mol. The van der Waals surface area contributed by atoms with E-state index in [1.54, 1.807) is 12.3 Å². The van der Waals surface area contributed by atoms with E-state index >= 15 is 0 Å². The van der Waals surface area contributed by atoms with E-state index in [9.17, 15) is 4.79 Å². The Hall–Kier alpha value is -2.93. The monoisotopic (exact) mass is 393 g/mol. The van der Waals surface area contributed by atoms with Crippen molar-refractivity contribution >= 4 is 5.91 Å². The summed E-state index contributed by atoms with van der Waals surface area (Å²) in [5.74, 6) is 1.27. The molecule has 1 aliphatic rings. The predicted octanol–water partition coefficient (Wildman–Crippen LogP) is 2.82. The molecule has 1 fully saturated rings. The van der Waals surface area contributed by atoms with Gasteiger partial charge in [-0.1, -0.05) is 35.5 Å². The Morgan fingerprint density at radius 2 is 2.03 bits per heavy atom.